The van der Waals surface area contributed by atoms with Crippen LogP contribution in [0.3, 0.4) is 0 Å². The van der Waals surface area contributed by atoms with Crippen molar-refractivity contribution in [2.45, 2.75) is 20.3 Å². The van der Waals surface area contributed by atoms with Crippen molar-refractivity contribution < 1.29 is 9.47 Å². The van der Waals surface area contributed by atoms with Crippen LogP contribution in [0.15, 0.2) is 42.5 Å². The molecule has 106 valence electrons. The van der Waals surface area contributed by atoms with Crippen molar-refractivity contribution in [1.82, 2.24) is 0 Å². The van der Waals surface area contributed by atoms with Crippen LogP contribution in [-0.4, -0.2) is 13.2 Å². The zero-order valence-electron chi connectivity index (χ0n) is 12.1. The standard InChI is InChI=1S/C17H21NO2/c1-3-14-5-8-16(9-6-14)19-10-11-20-17-12-15(18)7-4-13(17)2/h4-9,12H,3,10-11,18H2,1-2H3. The van der Waals surface area contributed by atoms with Gasteiger partial charge in [0.15, 0.2) is 0 Å². The average Bonchev–Trinajstić information content (AvgIpc) is 2.47. The SMILES string of the molecule is CCc1ccc(OCCOc2cc(N)ccc2C)cc1. The highest BCUT2D eigenvalue weighted by atomic mass is 16.5. The highest BCUT2D eigenvalue weighted by Gasteiger charge is 2.00. The molecule has 0 aliphatic carbocycles. The molecule has 2 N–H and O–H groups in total. The molecule has 0 spiro atoms. The molecule has 3 nitrogen and oxygen atoms in total. The number of anilines is 1. The molecule has 0 aliphatic heterocycles. The topological polar surface area (TPSA) is 44.5 Å². The molecule has 0 saturated heterocycles. The van der Waals surface area contributed by atoms with Gasteiger partial charge in [-0.25, -0.2) is 0 Å². The molecular formula is C17H21NO2. The Bertz CT molecular complexity index is 549. The van der Waals surface area contributed by atoms with E-state index >= 15 is 0 Å². The minimum Gasteiger partial charge on any atom is -0.490 e. The van der Waals surface area contributed by atoms with Crippen LogP contribution in [0.5, 0.6) is 11.5 Å². The molecule has 2 aromatic carbocycles. The fourth-order valence-corrected chi connectivity index (χ4v) is 1.90. The zero-order valence-corrected chi connectivity index (χ0v) is 12.1. The van der Waals surface area contributed by atoms with Crippen molar-refractivity contribution in [2.75, 3.05) is 18.9 Å². The summed E-state index contributed by atoms with van der Waals surface area (Å²) in [5.41, 5.74) is 8.83. The summed E-state index contributed by atoms with van der Waals surface area (Å²) in [6.07, 6.45) is 1.04. The maximum atomic E-state index is 5.74. The molecule has 0 amide bonds. The van der Waals surface area contributed by atoms with Crippen LogP contribution >= 0.6 is 0 Å². The maximum Gasteiger partial charge on any atom is 0.124 e. The smallest absolute Gasteiger partial charge is 0.124 e. The molecule has 20 heavy (non-hydrogen) atoms. The summed E-state index contributed by atoms with van der Waals surface area (Å²) in [4.78, 5) is 0. The van der Waals surface area contributed by atoms with Gasteiger partial charge in [-0.3, -0.25) is 0 Å². The summed E-state index contributed by atoms with van der Waals surface area (Å²) in [5, 5.41) is 0. The predicted octanol–water partition coefficient (Wildman–Crippen LogP) is 3.60. The number of nitrogen functional groups attached to an aromatic ring is 1. The Balaban J connectivity index is 1.79. The van der Waals surface area contributed by atoms with E-state index in [1.807, 2.05) is 37.3 Å². The van der Waals surface area contributed by atoms with Gasteiger partial charge in [-0.05, 0) is 42.7 Å². The van der Waals surface area contributed by atoms with Gasteiger partial charge in [0.25, 0.3) is 0 Å². The quantitative estimate of drug-likeness (QED) is 0.645. The number of hydrogen-bond donors (Lipinski definition) is 1. The van der Waals surface area contributed by atoms with Gasteiger partial charge >= 0.3 is 0 Å². The van der Waals surface area contributed by atoms with Crippen molar-refractivity contribution in [3.05, 3.63) is 53.6 Å². The molecule has 2 rings (SSSR count). The lowest BCUT2D eigenvalue weighted by Gasteiger charge is -2.11. The van der Waals surface area contributed by atoms with Gasteiger partial charge in [-0.2, -0.15) is 0 Å². The van der Waals surface area contributed by atoms with Gasteiger partial charge in [0, 0.05) is 11.8 Å². The lowest BCUT2D eigenvalue weighted by molar-refractivity contribution is 0.216. The number of ether oxygens (including phenoxy) is 2. The predicted molar refractivity (Wildman–Crippen MR) is 82.4 cm³/mol. The first-order chi connectivity index (χ1) is 9.69. The normalized spacial score (nSPS) is 10.3. The summed E-state index contributed by atoms with van der Waals surface area (Å²) in [7, 11) is 0. The molecular weight excluding hydrogens is 250 g/mol. The van der Waals surface area contributed by atoms with Crippen molar-refractivity contribution in [2.24, 2.45) is 0 Å². The number of rotatable bonds is 6. The lowest BCUT2D eigenvalue weighted by Crippen LogP contribution is -2.09. The molecule has 2 aromatic rings. The van der Waals surface area contributed by atoms with E-state index in [4.69, 9.17) is 15.2 Å². The van der Waals surface area contributed by atoms with Gasteiger partial charge < -0.3 is 15.2 Å². The molecule has 0 fully saturated rings. The average molecular weight is 271 g/mol. The van der Waals surface area contributed by atoms with Crippen molar-refractivity contribution in [1.29, 1.82) is 0 Å². The largest absolute Gasteiger partial charge is 0.490 e. The Morgan fingerprint density at radius 3 is 2.35 bits per heavy atom. The summed E-state index contributed by atoms with van der Waals surface area (Å²) in [5.74, 6) is 1.69. The Morgan fingerprint density at radius 1 is 0.950 bits per heavy atom. The number of nitrogens with two attached hydrogens (primary N) is 1. The molecule has 3 heteroatoms. The second kappa shape index (κ2) is 6.85. The van der Waals surface area contributed by atoms with Crippen LogP contribution in [0.2, 0.25) is 0 Å². The Hall–Kier alpha value is -2.16. The van der Waals surface area contributed by atoms with E-state index in [-0.39, 0.29) is 0 Å². The monoisotopic (exact) mass is 271 g/mol. The number of benzene rings is 2. The van der Waals surface area contributed by atoms with E-state index in [9.17, 15) is 0 Å². The number of aryl methyl sites for hydroxylation is 2. The first-order valence-corrected chi connectivity index (χ1v) is 6.89. The van der Waals surface area contributed by atoms with E-state index in [0.717, 1.165) is 23.5 Å². The summed E-state index contributed by atoms with van der Waals surface area (Å²) in [6.45, 7) is 5.15. The third-order valence-corrected chi connectivity index (χ3v) is 3.15. The molecule has 0 bridgehead atoms. The van der Waals surface area contributed by atoms with Crippen molar-refractivity contribution >= 4 is 5.69 Å². The van der Waals surface area contributed by atoms with Crippen LogP contribution < -0.4 is 15.2 Å². The molecule has 0 heterocycles. The van der Waals surface area contributed by atoms with Crippen molar-refractivity contribution in [3.63, 3.8) is 0 Å². The van der Waals surface area contributed by atoms with E-state index in [2.05, 4.69) is 19.1 Å². The second-order valence-corrected chi connectivity index (χ2v) is 4.72. The van der Waals surface area contributed by atoms with Gasteiger partial charge in [0.05, 0.1) is 0 Å². The minimum absolute atomic E-state index is 0.500. The Labute approximate surface area is 120 Å². The third-order valence-electron chi connectivity index (χ3n) is 3.15. The molecule has 0 atom stereocenters. The van der Waals surface area contributed by atoms with Gasteiger partial charge in [0.2, 0.25) is 0 Å². The van der Waals surface area contributed by atoms with E-state index < -0.39 is 0 Å². The van der Waals surface area contributed by atoms with Crippen LogP contribution in [0, 0.1) is 6.92 Å². The summed E-state index contributed by atoms with van der Waals surface area (Å²) in [6, 6.07) is 13.8. The second-order valence-electron chi connectivity index (χ2n) is 4.72. The van der Waals surface area contributed by atoms with Crippen LogP contribution in [0.4, 0.5) is 5.69 Å². The maximum absolute atomic E-state index is 5.74. The summed E-state index contributed by atoms with van der Waals surface area (Å²) < 4.78 is 11.3. The summed E-state index contributed by atoms with van der Waals surface area (Å²) >= 11 is 0. The van der Waals surface area contributed by atoms with Gasteiger partial charge in [0.1, 0.15) is 24.7 Å². The Morgan fingerprint density at radius 2 is 1.65 bits per heavy atom. The third kappa shape index (κ3) is 3.92. The molecule has 0 radical (unpaired) electrons. The first kappa shape index (κ1) is 14.3. The van der Waals surface area contributed by atoms with E-state index in [0.29, 0.717) is 18.9 Å². The molecule has 0 aromatic heterocycles. The molecule has 0 saturated carbocycles. The highest BCUT2D eigenvalue weighted by molar-refractivity contribution is 5.47. The highest BCUT2D eigenvalue weighted by Crippen LogP contribution is 2.20. The van der Waals surface area contributed by atoms with Gasteiger partial charge in [-0.1, -0.05) is 25.1 Å². The first-order valence-electron chi connectivity index (χ1n) is 6.89. The minimum atomic E-state index is 0.500. The zero-order chi connectivity index (χ0) is 14.4. The van der Waals surface area contributed by atoms with Crippen molar-refractivity contribution in [3.8, 4) is 11.5 Å². The van der Waals surface area contributed by atoms with E-state index in [1.54, 1.807) is 0 Å². The lowest BCUT2D eigenvalue weighted by atomic mass is 10.2. The van der Waals surface area contributed by atoms with Crippen LogP contribution in [0.1, 0.15) is 18.1 Å². The van der Waals surface area contributed by atoms with Crippen LogP contribution in [0.25, 0.3) is 0 Å². The number of hydrogen-bond acceptors (Lipinski definition) is 3. The fraction of sp³-hybridized carbons (Fsp3) is 0.294. The van der Waals surface area contributed by atoms with Gasteiger partial charge in [-0.15, -0.1) is 0 Å². The van der Waals surface area contributed by atoms with E-state index in [1.165, 1.54) is 5.56 Å². The fourth-order valence-electron chi connectivity index (χ4n) is 1.90. The molecule has 0 unspecified atom stereocenters. The van der Waals surface area contributed by atoms with Crippen LogP contribution in [-0.2, 0) is 6.42 Å². The molecule has 0 aliphatic rings. The Kier molecular flexibility index (Phi) is 4.88.